The molecule has 186 valence electrons. The van der Waals surface area contributed by atoms with E-state index >= 15 is 0 Å². The Morgan fingerprint density at radius 3 is 2.44 bits per heavy atom. The average Bonchev–Trinajstić information content (AvgIpc) is 2.81. The summed E-state index contributed by atoms with van der Waals surface area (Å²) in [4.78, 5) is 35.2. The molecule has 0 fully saturated rings. The number of nitrogens with zero attached hydrogens (tertiary/aromatic N) is 6. The van der Waals surface area contributed by atoms with Crippen LogP contribution in [0.3, 0.4) is 0 Å². The van der Waals surface area contributed by atoms with Gasteiger partial charge in [-0.2, -0.15) is 0 Å². The van der Waals surface area contributed by atoms with Crippen LogP contribution in [-0.4, -0.2) is 34.6 Å². The van der Waals surface area contributed by atoms with Crippen LogP contribution in [0.25, 0.3) is 17.1 Å². The molecule has 9 nitrogen and oxygen atoms in total. The van der Waals surface area contributed by atoms with Crippen LogP contribution in [0, 0.1) is 27.7 Å². The van der Waals surface area contributed by atoms with E-state index in [0.717, 1.165) is 16.8 Å². The summed E-state index contributed by atoms with van der Waals surface area (Å²) in [5.74, 6) is 1.03. The van der Waals surface area contributed by atoms with Crippen molar-refractivity contribution in [2.24, 2.45) is 0 Å². The van der Waals surface area contributed by atoms with Crippen LogP contribution in [0.4, 0.5) is 0 Å². The molecule has 0 atom stereocenters. The Morgan fingerprint density at radius 1 is 1.03 bits per heavy atom. The fraction of sp³-hybridized carbons (Fsp3) is 0.308. The summed E-state index contributed by atoms with van der Waals surface area (Å²) in [7, 11) is 0. The molecule has 36 heavy (non-hydrogen) atoms. The zero-order valence-corrected chi connectivity index (χ0v) is 21.8. The molecule has 0 spiro atoms. The highest BCUT2D eigenvalue weighted by atomic mass is 35.5. The summed E-state index contributed by atoms with van der Waals surface area (Å²) in [6.45, 7) is 10.7. The first kappa shape index (κ1) is 25.4. The van der Waals surface area contributed by atoms with Gasteiger partial charge in [0.1, 0.15) is 23.0 Å². The smallest absolute Gasteiger partial charge is 0.277 e. The molecule has 0 aliphatic heterocycles. The Balaban J connectivity index is 1.75. The number of ether oxygens (including phenoxy) is 1. The first-order chi connectivity index (χ1) is 17.0. The highest BCUT2D eigenvalue weighted by Gasteiger charge is 2.22. The predicted molar refractivity (Wildman–Crippen MR) is 136 cm³/mol. The summed E-state index contributed by atoms with van der Waals surface area (Å²) in [6, 6.07) is 5.29. The van der Waals surface area contributed by atoms with Gasteiger partial charge < -0.3 is 9.84 Å². The Labute approximate surface area is 213 Å². The van der Waals surface area contributed by atoms with E-state index in [1.165, 1.54) is 4.57 Å². The molecule has 4 aromatic heterocycles. The zero-order chi connectivity index (χ0) is 26.2. The largest absolute Gasteiger partial charge is 0.484 e. The minimum absolute atomic E-state index is 0.0476. The van der Waals surface area contributed by atoms with Crippen molar-refractivity contribution in [3.8, 4) is 22.8 Å². The van der Waals surface area contributed by atoms with Gasteiger partial charge in [-0.25, -0.2) is 19.9 Å². The summed E-state index contributed by atoms with van der Waals surface area (Å²) in [6.07, 6.45) is 4.98. The first-order valence-electron chi connectivity index (χ1n) is 11.3. The predicted octanol–water partition coefficient (Wildman–Crippen LogP) is 4.17. The second-order valence-electron chi connectivity index (χ2n) is 9.15. The van der Waals surface area contributed by atoms with E-state index in [4.69, 9.17) is 16.3 Å². The number of rotatable bonds is 6. The highest BCUT2D eigenvalue weighted by Crippen LogP contribution is 2.28. The van der Waals surface area contributed by atoms with Crippen molar-refractivity contribution in [3.63, 3.8) is 0 Å². The maximum absolute atomic E-state index is 13.4. The lowest BCUT2D eigenvalue weighted by atomic mass is 10.1. The lowest BCUT2D eigenvalue weighted by Crippen LogP contribution is -2.23. The monoisotopic (exact) mass is 506 g/mol. The van der Waals surface area contributed by atoms with Crippen molar-refractivity contribution >= 4 is 11.6 Å². The van der Waals surface area contributed by atoms with Gasteiger partial charge in [0.05, 0.1) is 17.1 Å². The van der Waals surface area contributed by atoms with Crippen molar-refractivity contribution in [1.29, 1.82) is 0 Å². The third-order valence-corrected chi connectivity index (χ3v) is 5.93. The molecule has 0 saturated carbocycles. The van der Waals surface area contributed by atoms with Crippen LogP contribution in [0.2, 0.25) is 5.02 Å². The number of hydrogen-bond donors (Lipinski definition) is 1. The van der Waals surface area contributed by atoms with E-state index in [-0.39, 0.29) is 23.2 Å². The number of hydrogen-bond acceptors (Lipinski definition) is 8. The Morgan fingerprint density at radius 2 is 1.75 bits per heavy atom. The second kappa shape index (κ2) is 9.75. The molecule has 4 aromatic rings. The number of aryl methyl sites for hydroxylation is 4. The molecule has 4 rings (SSSR count). The fourth-order valence-electron chi connectivity index (χ4n) is 3.68. The molecule has 0 radical (unpaired) electrons. The average molecular weight is 507 g/mol. The van der Waals surface area contributed by atoms with E-state index in [2.05, 4.69) is 24.9 Å². The highest BCUT2D eigenvalue weighted by molar-refractivity contribution is 6.31. The summed E-state index contributed by atoms with van der Waals surface area (Å²) in [5, 5.41) is 10.3. The van der Waals surface area contributed by atoms with Crippen molar-refractivity contribution in [1.82, 2.24) is 29.5 Å². The molecule has 1 N–H and O–H groups in total. The molecule has 0 bridgehead atoms. The molecule has 0 saturated heterocycles. The van der Waals surface area contributed by atoms with E-state index in [1.807, 2.05) is 20.8 Å². The van der Waals surface area contributed by atoms with E-state index in [0.29, 0.717) is 28.6 Å². The SMILES string of the molecule is Cc1ccnc(COc2cc(C)n(-c3cc(-c4nc(C(C)(C)O)ncc4C)ncc3C)c(=O)c2Cl)n1. The van der Waals surface area contributed by atoms with Crippen molar-refractivity contribution in [2.45, 2.75) is 53.8 Å². The Hall–Kier alpha value is -3.69. The molecule has 0 amide bonds. The number of pyridine rings is 2. The summed E-state index contributed by atoms with van der Waals surface area (Å²) in [5.41, 5.74) is 3.09. The van der Waals surface area contributed by atoms with Gasteiger partial charge in [-0.3, -0.25) is 14.3 Å². The number of halogens is 1. The Bertz CT molecular complexity index is 1510. The third-order valence-electron chi connectivity index (χ3n) is 5.58. The van der Waals surface area contributed by atoms with Crippen molar-refractivity contribution < 1.29 is 9.84 Å². The minimum Gasteiger partial charge on any atom is -0.484 e. The van der Waals surface area contributed by atoms with Gasteiger partial charge in [-0.1, -0.05) is 11.6 Å². The molecule has 0 aromatic carbocycles. The van der Waals surface area contributed by atoms with Crippen molar-refractivity contribution in [2.75, 3.05) is 0 Å². The quantitative estimate of drug-likeness (QED) is 0.414. The van der Waals surface area contributed by atoms with Crippen LogP contribution in [0.15, 0.2) is 41.6 Å². The van der Waals surface area contributed by atoms with E-state index < -0.39 is 11.2 Å². The normalized spacial score (nSPS) is 11.6. The van der Waals surface area contributed by atoms with E-state index in [1.54, 1.807) is 57.6 Å². The maximum atomic E-state index is 13.4. The van der Waals surface area contributed by atoms with Crippen LogP contribution in [-0.2, 0) is 12.2 Å². The van der Waals surface area contributed by atoms with Gasteiger partial charge in [-0.05, 0) is 64.8 Å². The molecular weight excluding hydrogens is 480 g/mol. The van der Waals surface area contributed by atoms with Crippen LogP contribution >= 0.6 is 11.6 Å². The van der Waals surface area contributed by atoms with Crippen molar-refractivity contribution in [3.05, 3.63) is 86.3 Å². The standard InChI is InChI=1S/C26H27ClN6O3/c1-14-11-29-18(23-15(2)12-30-25(32-23)26(5,6)35)10-19(14)33-17(4)9-20(22(27)24(33)34)36-13-21-28-8-7-16(3)31-21/h7-12,35H,13H2,1-6H3. The molecule has 0 aliphatic rings. The van der Waals surface area contributed by atoms with E-state index in [9.17, 15) is 9.90 Å². The third kappa shape index (κ3) is 5.12. The van der Waals surface area contributed by atoms with Gasteiger partial charge in [0.25, 0.3) is 5.56 Å². The lowest BCUT2D eigenvalue weighted by molar-refractivity contribution is 0.0688. The molecule has 10 heteroatoms. The zero-order valence-electron chi connectivity index (χ0n) is 21.0. The summed E-state index contributed by atoms with van der Waals surface area (Å²) >= 11 is 6.46. The maximum Gasteiger partial charge on any atom is 0.277 e. The molecule has 0 unspecified atom stereocenters. The number of aliphatic hydroxyl groups is 1. The Kier molecular flexibility index (Phi) is 6.88. The first-order valence-corrected chi connectivity index (χ1v) is 11.7. The molecule has 0 aliphatic carbocycles. The van der Waals surface area contributed by atoms with Gasteiger partial charge in [0, 0.05) is 36.0 Å². The van der Waals surface area contributed by atoms with Gasteiger partial charge in [-0.15, -0.1) is 0 Å². The number of aromatic nitrogens is 6. The molecular formula is C26H27ClN6O3. The van der Waals surface area contributed by atoms with Crippen LogP contribution in [0.1, 0.15) is 48.0 Å². The molecule has 4 heterocycles. The van der Waals surface area contributed by atoms with Gasteiger partial charge in [0.15, 0.2) is 11.6 Å². The fourth-order valence-corrected chi connectivity index (χ4v) is 3.87. The minimum atomic E-state index is -1.21. The summed E-state index contributed by atoms with van der Waals surface area (Å²) < 4.78 is 7.31. The van der Waals surface area contributed by atoms with Gasteiger partial charge in [0.2, 0.25) is 0 Å². The topological polar surface area (TPSA) is 116 Å². The van der Waals surface area contributed by atoms with Crippen LogP contribution in [0.5, 0.6) is 5.75 Å². The van der Waals surface area contributed by atoms with Crippen LogP contribution < -0.4 is 10.3 Å². The second-order valence-corrected chi connectivity index (χ2v) is 9.53. The van der Waals surface area contributed by atoms with Gasteiger partial charge >= 0.3 is 0 Å². The lowest BCUT2D eigenvalue weighted by Gasteiger charge is -2.18.